The Labute approximate surface area is 248 Å². The van der Waals surface area contributed by atoms with Crippen LogP contribution in [0.1, 0.15) is 48.3 Å². The fourth-order valence-corrected chi connectivity index (χ4v) is 6.61. The van der Waals surface area contributed by atoms with Gasteiger partial charge < -0.3 is 15.5 Å². The van der Waals surface area contributed by atoms with Crippen molar-refractivity contribution < 1.29 is 4.79 Å². The summed E-state index contributed by atoms with van der Waals surface area (Å²) >= 11 is 12.7. The molecular weight excluding hydrogens is 539 g/mol. The minimum atomic E-state index is 0.562. The molecule has 0 spiro atoms. The molecule has 2 fully saturated rings. The quantitative estimate of drug-likeness (QED) is 0.253. The van der Waals surface area contributed by atoms with Gasteiger partial charge >= 0.3 is 0 Å². The van der Waals surface area contributed by atoms with Gasteiger partial charge in [-0.3, -0.25) is 9.69 Å². The van der Waals surface area contributed by atoms with Crippen LogP contribution in [0.2, 0.25) is 10.0 Å². The summed E-state index contributed by atoms with van der Waals surface area (Å²) in [6.45, 7) is 6.84. The summed E-state index contributed by atoms with van der Waals surface area (Å²) in [5.74, 6) is 1.23. The van der Waals surface area contributed by atoms with Gasteiger partial charge in [-0.1, -0.05) is 41.4 Å². The lowest BCUT2D eigenvalue weighted by Gasteiger charge is -2.32. The Balaban J connectivity index is 1.29. The molecule has 5 rings (SSSR count). The van der Waals surface area contributed by atoms with Crippen LogP contribution in [0.15, 0.2) is 60.7 Å². The maximum Gasteiger partial charge on any atom is 0.207 e. The van der Waals surface area contributed by atoms with Crippen molar-refractivity contribution in [2.75, 3.05) is 45.1 Å². The van der Waals surface area contributed by atoms with Crippen LogP contribution >= 0.6 is 23.2 Å². The van der Waals surface area contributed by atoms with Crippen molar-refractivity contribution in [1.82, 2.24) is 15.1 Å². The summed E-state index contributed by atoms with van der Waals surface area (Å²) in [5, 5.41) is 7.77. The second kappa shape index (κ2) is 13.9. The van der Waals surface area contributed by atoms with E-state index in [-0.39, 0.29) is 0 Å². The first-order valence-corrected chi connectivity index (χ1v) is 15.2. The lowest BCUT2D eigenvalue weighted by Crippen LogP contribution is -2.36. The molecule has 0 bridgehead atoms. The second-order valence-electron chi connectivity index (χ2n) is 11.5. The first-order chi connectivity index (χ1) is 19.4. The minimum absolute atomic E-state index is 0.562. The standard InChI is InChI=1S/C33H40Cl2N4O/c1-38-10-8-28(9-11-38)27-2-4-33(5-3-27)37-21-25-14-26(22-39-12-6-24(7-13-39)20-36-23-40)16-29(15-25)30-17-31(34)19-32(35)18-30/h2-5,14-19,23-24,28,37H,6-13,20-22H2,1H3,(H,36,40). The molecule has 2 heterocycles. The van der Waals surface area contributed by atoms with Crippen molar-refractivity contribution in [3.8, 4) is 11.1 Å². The smallest absolute Gasteiger partial charge is 0.207 e. The normalized spacial score (nSPS) is 17.6. The van der Waals surface area contributed by atoms with Crippen LogP contribution in [-0.4, -0.2) is 56.0 Å². The minimum Gasteiger partial charge on any atom is -0.381 e. The molecule has 1 amide bonds. The van der Waals surface area contributed by atoms with Crippen molar-refractivity contribution in [3.63, 3.8) is 0 Å². The number of carbonyl (C=O) groups is 1. The molecule has 3 aromatic carbocycles. The molecule has 5 nitrogen and oxygen atoms in total. The molecule has 2 saturated heterocycles. The Bertz CT molecular complexity index is 1250. The van der Waals surface area contributed by atoms with Crippen molar-refractivity contribution >= 4 is 35.3 Å². The highest BCUT2D eigenvalue weighted by Gasteiger charge is 2.20. The van der Waals surface area contributed by atoms with E-state index in [0.29, 0.717) is 21.9 Å². The fraction of sp³-hybridized carbons (Fsp3) is 0.424. The van der Waals surface area contributed by atoms with Gasteiger partial charge in [0.05, 0.1) is 0 Å². The fourth-order valence-electron chi connectivity index (χ4n) is 6.08. The van der Waals surface area contributed by atoms with Crippen LogP contribution < -0.4 is 10.6 Å². The Morgan fingerprint density at radius 1 is 0.825 bits per heavy atom. The number of carbonyl (C=O) groups excluding carboxylic acids is 1. The topological polar surface area (TPSA) is 47.6 Å². The van der Waals surface area contributed by atoms with Gasteiger partial charge in [0.2, 0.25) is 6.41 Å². The van der Waals surface area contributed by atoms with E-state index in [4.69, 9.17) is 23.2 Å². The van der Waals surface area contributed by atoms with E-state index in [2.05, 4.69) is 69.9 Å². The van der Waals surface area contributed by atoms with Crippen LogP contribution in [-0.2, 0) is 17.9 Å². The first-order valence-electron chi connectivity index (χ1n) is 14.5. The van der Waals surface area contributed by atoms with E-state index in [0.717, 1.165) is 68.8 Å². The Morgan fingerprint density at radius 2 is 1.48 bits per heavy atom. The highest BCUT2D eigenvalue weighted by atomic mass is 35.5. The zero-order chi connectivity index (χ0) is 27.9. The van der Waals surface area contributed by atoms with Gasteiger partial charge in [-0.05, 0) is 141 Å². The predicted octanol–water partition coefficient (Wildman–Crippen LogP) is 7.04. The molecule has 0 aromatic heterocycles. The van der Waals surface area contributed by atoms with E-state index in [1.54, 1.807) is 6.07 Å². The van der Waals surface area contributed by atoms with Crippen LogP contribution in [0.25, 0.3) is 11.1 Å². The number of likely N-dealkylation sites (tertiary alicyclic amines) is 2. The monoisotopic (exact) mass is 578 g/mol. The Morgan fingerprint density at radius 3 is 2.15 bits per heavy atom. The number of rotatable bonds is 10. The molecule has 0 aliphatic carbocycles. The van der Waals surface area contributed by atoms with Gasteiger partial charge in [-0.15, -0.1) is 0 Å². The van der Waals surface area contributed by atoms with Gasteiger partial charge in [0, 0.05) is 35.4 Å². The number of nitrogens with zero attached hydrogens (tertiary/aromatic N) is 2. The van der Waals surface area contributed by atoms with Crippen LogP contribution in [0.4, 0.5) is 5.69 Å². The summed E-state index contributed by atoms with van der Waals surface area (Å²) in [4.78, 5) is 15.6. The molecule has 0 unspecified atom stereocenters. The Kier molecular flexibility index (Phi) is 10.0. The molecule has 0 saturated carbocycles. The summed E-state index contributed by atoms with van der Waals surface area (Å²) < 4.78 is 0. The van der Waals surface area contributed by atoms with E-state index in [9.17, 15) is 4.79 Å². The van der Waals surface area contributed by atoms with Gasteiger partial charge in [-0.2, -0.15) is 0 Å². The number of anilines is 1. The number of hydrogen-bond acceptors (Lipinski definition) is 4. The Hall–Kier alpha value is -2.57. The zero-order valence-corrected chi connectivity index (χ0v) is 24.9. The number of hydrogen-bond donors (Lipinski definition) is 2. The maximum atomic E-state index is 10.7. The third-order valence-corrected chi connectivity index (χ3v) is 8.89. The predicted molar refractivity (Wildman–Crippen MR) is 167 cm³/mol. The van der Waals surface area contributed by atoms with Gasteiger partial charge in [0.1, 0.15) is 0 Å². The maximum absolute atomic E-state index is 10.7. The molecule has 40 heavy (non-hydrogen) atoms. The van der Waals surface area contributed by atoms with Crippen molar-refractivity contribution in [1.29, 1.82) is 0 Å². The molecular formula is C33H40Cl2N4O. The van der Waals surface area contributed by atoms with Gasteiger partial charge in [0.15, 0.2) is 0 Å². The lowest BCUT2D eigenvalue weighted by molar-refractivity contribution is -0.109. The SMILES string of the molecule is CN1CCC(c2ccc(NCc3cc(CN4CCC(CNC=O)CC4)cc(-c4cc(Cl)cc(Cl)c4)c3)cc2)CC1. The summed E-state index contributed by atoms with van der Waals surface area (Å²) in [6.07, 6.45) is 5.48. The average Bonchev–Trinajstić information content (AvgIpc) is 2.96. The van der Waals surface area contributed by atoms with Crippen LogP contribution in [0.3, 0.4) is 0 Å². The van der Waals surface area contributed by atoms with E-state index < -0.39 is 0 Å². The average molecular weight is 580 g/mol. The number of piperidine rings is 2. The van der Waals surface area contributed by atoms with Gasteiger partial charge in [-0.25, -0.2) is 0 Å². The second-order valence-corrected chi connectivity index (χ2v) is 12.4. The van der Waals surface area contributed by atoms with E-state index >= 15 is 0 Å². The summed E-state index contributed by atoms with van der Waals surface area (Å²) in [7, 11) is 2.21. The molecule has 2 aliphatic rings. The lowest BCUT2D eigenvalue weighted by atomic mass is 9.89. The number of amides is 1. The number of benzene rings is 3. The number of halogens is 2. The molecule has 0 radical (unpaired) electrons. The van der Waals surface area contributed by atoms with Crippen molar-refractivity contribution in [2.24, 2.45) is 5.92 Å². The molecule has 2 N–H and O–H groups in total. The first kappa shape index (κ1) is 28.9. The van der Waals surface area contributed by atoms with Crippen molar-refractivity contribution in [2.45, 2.75) is 44.7 Å². The molecule has 2 aliphatic heterocycles. The van der Waals surface area contributed by atoms with Crippen LogP contribution in [0.5, 0.6) is 0 Å². The molecule has 3 aromatic rings. The zero-order valence-electron chi connectivity index (χ0n) is 23.3. The highest BCUT2D eigenvalue weighted by molar-refractivity contribution is 6.35. The van der Waals surface area contributed by atoms with E-state index in [1.807, 2.05) is 12.1 Å². The third-order valence-electron chi connectivity index (χ3n) is 8.45. The van der Waals surface area contributed by atoms with Crippen LogP contribution in [0, 0.1) is 5.92 Å². The molecule has 7 heteroatoms. The molecule has 0 atom stereocenters. The van der Waals surface area contributed by atoms with Gasteiger partial charge in [0.25, 0.3) is 0 Å². The number of nitrogens with one attached hydrogen (secondary N) is 2. The summed E-state index contributed by atoms with van der Waals surface area (Å²) in [6, 6.07) is 21.6. The largest absolute Gasteiger partial charge is 0.381 e. The highest BCUT2D eigenvalue weighted by Crippen LogP contribution is 2.31. The van der Waals surface area contributed by atoms with Crippen molar-refractivity contribution in [3.05, 3.63) is 87.4 Å². The molecule has 212 valence electrons. The third kappa shape index (κ3) is 8.01. The summed E-state index contributed by atoms with van der Waals surface area (Å²) in [5.41, 5.74) is 7.26. The van der Waals surface area contributed by atoms with E-state index in [1.165, 1.54) is 42.6 Å².